The number of rotatable bonds is 6. The van der Waals surface area contributed by atoms with Gasteiger partial charge in [-0.05, 0) is 18.5 Å². The molecule has 0 amide bonds. The Hall–Kier alpha value is -0.633. The van der Waals surface area contributed by atoms with Crippen LogP contribution in [0.2, 0.25) is 25.7 Å². The van der Waals surface area contributed by atoms with Crippen molar-refractivity contribution >= 4 is 13.9 Å². The van der Waals surface area contributed by atoms with Crippen LogP contribution in [-0.2, 0) is 4.79 Å². The Morgan fingerprint density at radius 3 is 2.20 bits per heavy atom. The highest BCUT2D eigenvalue weighted by Gasteiger charge is 2.23. The maximum absolute atomic E-state index is 11.5. The van der Waals surface area contributed by atoms with Gasteiger partial charge in [-0.2, -0.15) is 0 Å². The lowest BCUT2D eigenvalue weighted by Gasteiger charge is -2.19. The number of hydrogen-bond donors (Lipinski definition) is 0. The largest absolute Gasteiger partial charge is 0.294 e. The molecule has 0 aromatic heterocycles. The van der Waals surface area contributed by atoms with Gasteiger partial charge in [-0.3, -0.25) is 4.79 Å². The third kappa shape index (κ3) is 6.45. The van der Waals surface area contributed by atoms with Crippen molar-refractivity contribution in [3.05, 3.63) is 24.8 Å². The second-order valence-corrected chi connectivity index (χ2v) is 11.4. The van der Waals surface area contributed by atoms with Crippen LogP contribution < -0.4 is 0 Å². The highest BCUT2D eigenvalue weighted by atomic mass is 28.3. The molecule has 0 rings (SSSR count). The summed E-state index contributed by atoms with van der Waals surface area (Å²) in [6, 6.07) is 1.19. The molecule has 0 aliphatic rings. The van der Waals surface area contributed by atoms with Gasteiger partial charge in [0.25, 0.3) is 0 Å². The number of allylic oxidation sites excluding steroid dienone is 3. The molecule has 0 spiro atoms. The predicted molar refractivity (Wildman–Crippen MR) is 70.9 cm³/mol. The summed E-state index contributed by atoms with van der Waals surface area (Å²) < 4.78 is 0. The van der Waals surface area contributed by atoms with Gasteiger partial charge in [0.05, 0.1) is 0 Å². The summed E-state index contributed by atoms with van der Waals surface area (Å²) in [6.45, 7) is 14.5. The van der Waals surface area contributed by atoms with Crippen LogP contribution in [0.5, 0.6) is 0 Å². The van der Waals surface area contributed by atoms with Crippen molar-refractivity contribution in [1.82, 2.24) is 0 Å². The van der Waals surface area contributed by atoms with Crippen LogP contribution in [0, 0.1) is 5.41 Å². The van der Waals surface area contributed by atoms with Crippen molar-refractivity contribution in [2.45, 2.75) is 46.0 Å². The van der Waals surface area contributed by atoms with E-state index in [1.165, 1.54) is 12.1 Å². The first-order chi connectivity index (χ1) is 6.69. The minimum absolute atomic E-state index is 0.125. The van der Waals surface area contributed by atoms with Crippen molar-refractivity contribution in [1.29, 1.82) is 0 Å². The molecule has 0 heterocycles. The van der Waals surface area contributed by atoms with E-state index in [2.05, 4.69) is 38.4 Å². The first-order valence-corrected chi connectivity index (χ1v) is 9.22. The first-order valence-electron chi connectivity index (χ1n) is 5.51. The molecule has 0 saturated heterocycles. The number of carbonyl (C=O) groups excluding carboxylic acids is 1. The Kier molecular flexibility index (Phi) is 5.22. The lowest BCUT2D eigenvalue weighted by atomic mass is 9.84. The molecular formula is C13H24OSi. The van der Waals surface area contributed by atoms with Crippen LogP contribution in [0.4, 0.5) is 0 Å². The van der Waals surface area contributed by atoms with E-state index >= 15 is 0 Å². The van der Waals surface area contributed by atoms with Gasteiger partial charge < -0.3 is 0 Å². The second-order valence-electron chi connectivity index (χ2n) is 5.89. The van der Waals surface area contributed by atoms with Gasteiger partial charge >= 0.3 is 0 Å². The maximum Gasteiger partial charge on any atom is 0.160 e. The molecular weight excluding hydrogens is 200 g/mol. The summed E-state index contributed by atoms with van der Waals surface area (Å²) in [7, 11) is -0.981. The summed E-state index contributed by atoms with van der Waals surface area (Å²) in [5.74, 6) is 0.125. The van der Waals surface area contributed by atoms with Gasteiger partial charge in [-0.1, -0.05) is 52.2 Å². The third-order valence-corrected chi connectivity index (χ3v) is 3.84. The molecule has 0 atom stereocenters. The summed E-state index contributed by atoms with van der Waals surface area (Å²) >= 11 is 0. The SMILES string of the molecule is C=CC(=O)C(C)(C)C/C=C/C[Si](C)(C)C. The average Bonchev–Trinajstić information content (AvgIpc) is 2.09. The Morgan fingerprint density at radius 1 is 1.27 bits per heavy atom. The van der Waals surface area contributed by atoms with E-state index in [4.69, 9.17) is 0 Å². The highest BCUT2D eigenvalue weighted by molar-refractivity contribution is 6.76. The maximum atomic E-state index is 11.5. The summed E-state index contributed by atoms with van der Waals surface area (Å²) in [5, 5.41) is 0. The van der Waals surface area contributed by atoms with E-state index in [0.29, 0.717) is 0 Å². The van der Waals surface area contributed by atoms with Gasteiger partial charge in [0, 0.05) is 13.5 Å². The number of carbonyl (C=O) groups is 1. The standard InChI is InChI=1S/C13H24OSi/c1-7-12(14)13(2,3)10-8-9-11-15(4,5)6/h7-9H,1,10-11H2,2-6H3/b9-8+. The molecule has 1 nitrogen and oxygen atoms in total. The van der Waals surface area contributed by atoms with Crippen LogP contribution in [0.25, 0.3) is 0 Å². The van der Waals surface area contributed by atoms with E-state index in [-0.39, 0.29) is 11.2 Å². The Morgan fingerprint density at radius 2 is 1.80 bits per heavy atom. The third-order valence-electron chi connectivity index (χ3n) is 2.38. The smallest absolute Gasteiger partial charge is 0.160 e. The zero-order chi connectivity index (χ0) is 12.1. The Bertz CT molecular complexity index is 256. The lowest BCUT2D eigenvalue weighted by molar-refractivity contribution is -0.122. The molecule has 0 aliphatic heterocycles. The molecule has 0 saturated carbocycles. The topological polar surface area (TPSA) is 17.1 Å². The van der Waals surface area contributed by atoms with Gasteiger partial charge in [0.15, 0.2) is 5.78 Å². The lowest BCUT2D eigenvalue weighted by Crippen LogP contribution is -2.21. The molecule has 0 aliphatic carbocycles. The second kappa shape index (κ2) is 5.45. The predicted octanol–water partition coefficient (Wildman–Crippen LogP) is 4.05. The van der Waals surface area contributed by atoms with Crippen molar-refractivity contribution in [3.63, 3.8) is 0 Å². The molecule has 0 N–H and O–H groups in total. The van der Waals surface area contributed by atoms with E-state index in [1.54, 1.807) is 0 Å². The molecule has 0 radical (unpaired) electrons. The zero-order valence-corrected chi connectivity index (χ0v) is 11.8. The van der Waals surface area contributed by atoms with E-state index < -0.39 is 8.07 Å². The molecule has 15 heavy (non-hydrogen) atoms. The van der Waals surface area contributed by atoms with Gasteiger partial charge in [-0.15, -0.1) is 0 Å². The van der Waals surface area contributed by atoms with Crippen molar-refractivity contribution in [2.75, 3.05) is 0 Å². The highest BCUT2D eigenvalue weighted by Crippen LogP contribution is 2.23. The van der Waals surface area contributed by atoms with Crippen LogP contribution in [-0.4, -0.2) is 13.9 Å². The summed E-state index contributed by atoms with van der Waals surface area (Å²) in [4.78, 5) is 11.5. The molecule has 0 unspecified atom stereocenters. The van der Waals surface area contributed by atoms with Crippen molar-refractivity contribution in [2.24, 2.45) is 5.41 Å². The number of hydrogen-bond acceptors (Lipinski definition) is 1. The normalized spacial score (nSPS) is 13.1. The summed E-state index contributed by atoms with van der Waals surface area (Å²) in [5.41, 5.74) is -0.294. The fraction of sp³-hybridized carbons (Fsp3) is 0.615. The monoisotopic (exact) mass is 224 g/mol. The van der Waals surface area contributed by atoms with E-state index in [0.717, 1.165) is 6.42 Å². The molecule has 0 aromatic rings. The summed E-state index contributed by atoms with van der Waals surface area (Å²) in [6.07, 6.45) is 6.60. The van der Waals surface area contributed by atoms with Gasteiger partial charge in [0.1, 0.15) is 0 Å². The molecule has 0 fully saturated rings. The minimum Gasteiger partial charge on any atom is -0.294 e. The van der Waals surface area contributed by atoms with Crippen molar-refractivity contribution < 1.29 is 4.79 Å². The van der Waals surface area contributed by atoms with Crippen LogP contribution >= 0.6 is 0 Å². The average molecular weight is 224 g/mol. The number of ketones is 1. The van der Waals surface area contributed by atoms with E-state index in [9.17, 15) is 4.79 Å². The van der Waals surface area contributed by atoms with Crippen molar-refractivity contribution in [3.8, 4) is 0 Å². The van der Waals surface area contributed by atoms with Gasteiger partial charge in [-0.25, -0.2) is 0 Å². The molecule has 0 bridgehead atoms. The Balaban J connectivity index is 4.15. The first kappa shape index (κ1) is 14.4. The quantitative estimate of drug-likeness (QED) is 0.378. The van der Waals surface area contributed by atoms with Crippen LogP contribution in [0.1, 0.15) is 20.3 Å². The molecule has 0 aromatic carbocycles. The fourth-order valence-electron chi connectivity index (χ4n) is 1.19. The minimum atomic E-state index is -0.981. The fourth-order valence-corrected chi connectivity index (χ4v) is 2.07. The molecule has 2 heteroatoms. The van der Waals surface area contributed by atoms with Crippen LogP contribution in [0.3, 0.4) is 0 Å². The van der Waals surface area contributed by atoms with E-state index in [1.807, 2.05) is 13.8 Å². The molecule has 86 valence electrons. The Labute approximate surface area is 95.3 Å². The van der Waals surface area contributed by atoms with Crippen LogP contribution in [0.15, 0.2) is 24.8 Å². The van der Waals surface area contributed by atoms with Gasteiger partial charge in [0.2, 0.25) is 0 Å². The zero-order valence-electron chi connectivity index (χ0n) is 10.8.